The first-order valence-corrected chi connectivity index (χ1v) is 10.3. The fourth-order valence-electron chi connectivity index (χ4n) is 4.24. The molecule has 4 heteroatoms. The zero-order valence-electron chi connectivity index (χ0n) is 16.9. The van der Waals surface area contributed by atoms with Gasteiger partial charge in [-0.3, -0.25) is 0 Å². The number of hydrogen-bond acceptors (Lipinski definition) is 4. The largest absolute Gasteiger partial charge is 0.507 e. The highest BCUT2D eigenvalue weighted by Gasteiger charge is 2.17. The van der Waals surface area contributed by atoms with Crippen LogP contribution in [0.2, 0.25) is 0 Å². The molecule has 2 heterocycles. The van der Waals surface area contributed by atoms with Crippen LogP contribution in [-0.4, -0.2) is 10.2 Å². The third-order valence-corrected chi connectivity index (χ3v) is 5.75. The average Bonchev–Trinajstić information content (AvgIpc) is 3.44. The summed E-state index contributed by atoms with van der Waals surface area (Å²) in [6, 6.07) is 29.9. The standard InChI is InChI=1S/C28H18O4/c29-23-11-3-1-7-19(23)17-9-5-13-25-21(17)15-27(31-25)28-16-22-18(10-6-14-26(22)32-28)20-8-2-4-12-24(20)30/h1-16,29-30H. The number of phenolic OH excluding ortho intramolecular Hbond substituents is 2. The molecule has 6 aromatic rings. The first kappa shape index (κ1) is 18.3. The van der Waals surface area contributed by atoms with Crippen molar-refractivity contribution in [3.05, 3.63) is 97.1 Å². The predicted molar refractivity (Wildman–Crippen MR) is 126 cm³/mol. The Morgan fingerprint density at radius 2 is 0.844 bits per heavy atom. The van der Waals surface area contributed by atoms with Crippen LogP contribution in [0.5, 0.6) is 11.5 Å². The highest BCUT2D eigenvalue weighted by molar-refractivity contribution is 6.00. The SMILES string of the molecule is Oc1ccccc1-c1cccc2oc(-c3cc4c(-c5ccccc5O)cccc4o3)cc12. The van der Waals surface area contributed by atoms with Crippen LogP contribution in [0.25, 0.3) is 55.7 Å². The number of fused-ring (bicyclic) bond motifs is 2. The molecule has 154 valence electrons. The van der Waals surface area contributed by atoms with Crippen molar-refractivity contribution in [1.82, 2.24) is 0 Å². The van der Waals surface area contributed by atoms with E-state index in [9.17, 15) is 10.2 Å². The van der Waals surface area contributed by atoms with Crippen molar-refractivity contribution in [3.63, 3.8) is 0 Å². The van der Waals surface area contributed by atoms with E-state index < -0.39 is 0 Å². The van der Waals surface area contributed by atoms with Gasteiger partial charge in [-0.15, -0.1) is 0 Å². The van der Waals surface area contributed by atoms with Crippen molar-refractivity contribution in [2.24, 2.45) is 0 Å². The Morgan fingerprint density at radius 1 is 0.438 bits per heavy atom. The molecule has 6 rings (SSSR count). The molecule has 0 amide bonds. The topological polar surface area (TPSA) is 66.7 Å². The van der Waals surface area contributed by atoms with Gasteiger partial charge in [-0.2, -0.15) is 0 Å². The van der Waals surface area contributed by atoms with E-state index in [1.165, 1.54) is 0 Å². The van der Waals surface area contributed by atoms with Crippen molar-refractivity contribution < 1.29 is 19.0 Å². The number of hydrogen-bond donors (Lipinski definition) is 2. The van der Waals surface area contributed by atoms with Gasteiger partial charge in [-0.05, 0) is 47.5 Å². The molecule has 0 saturated heterocycles. The van der Waals surface area contributed by atoms with Gasteiger partial charge < -0.3 is 19.0 Å². The summed E-state index contributed by atoms with van der Waals surface area (Å²) in [5.41, 5.74) is 4.70. The molecule has 0 saturated carbocycles. The molecule has 4 aromatic carbocycles. The van der Waals surface area contributed by atoms with Gasteiger partial charge in [-0.25, -0.2) is 0 Å². The van der Waals surface area contributed by atoms with Crippen LogP contribution in [-0.2, 0) is 0 Å². The summed E-state index contributed by atoms with van der Waals surface area (Å²) in [5, 5.41) is 22.5. The van der Waals surface area contributed by atoms with Crippen LogP contribution in [0.4, 0.5) is 0 Å². The number of rotatable bonds is 3. The van der Waals surface area contributed by atoms with E-state index in [1.54, 1.807) is 24.3 Å². The van der Waals surface area contributed by atoms with Crippen LogP contribution >= 0.6 is 0 Å². The Hall–Kier alpha value is -4.44. The van der Waals surface area contributed by atoms with Crippen molar-refractivity contribution in [2.75, 3.05) is 0 Å². The number of benzene rings is 4. The lowest BCUT2D eigenvalue weighted by Crippen LogP contribution is -1.79. The second-order valence-electron chi connectivity index (χ2n) is 7.69. The lowest BCUT2D eigenvalue weighted by atomic mass is 10.0. The fourth-order valence-corrected chi connectivity index (χ4v) is 4.24. The van der Waals surface area contributed by atoms with E-state index in [0.717, 1.165) is 33.0 Å². The summed E-state index contributed by atoms with van der Waals surface area (Å²) in [4.78, 5) is 0. The first-order chi connectivity index (χ1) is 15.7. The minimum absolute atomic E-state index is 0.221. The van der Waals surface area contributed by atoms with Crippen molar-refractivity contribution in [2.45, 2.75) is 0 Å². The Kier molecular flexibility index (Phi) is 4.05. The molecular weight excluding hydrogens is 400 g/mol. The van der Waals surface area contributed by atoms with E-state index in [0.29, 0.717) is 22.7 Å². The maximum absolute atomic E-state index is 10.3. The Morgan fingerprint density at radius 3 is 1.28 bits per heavy atom. The van der Waals surface area contributed by atoms with Gasteiger partial charge in [0.05, 0.1) is 0 Å². The zero-order valence-corrected chi connectivity index (χ0v) is 16.9. The van der Waals surface area contributed by atoms with Crippen molar-refractivity contribution >= 4 is 21.9 Å². The van der Waals surface area contributed by atoms with E-state index >= 15 is 0 Å². The lowest BCUT2D eigenvalue weighted by Gasteiger charge is -2.05. The number of para-hydroxylation sites is 2. The quantitative estimate of drug-likeness (QED) is 0.311. The van der Waals surface area contributed by atoms with E-state index in [4.69, 9.17) is 8.83 Å². The molecule has 0 unspecified atom stereocenters. The fraction of sp³-hybridized carbons (Fsp3) is 0. The summed E-state index contributed by atoms with van der Waals surface area (Å²) in [5.74, 6) is 1.64. The predicted octanol–water partition coefficient (Wildman–Crippen LogP) is 7.59. The van der Waals surface area contributed by atoms with E-state index in [-0.39, 0.29) is 11.5 Å². The van der Waals surface area contributed by atoms with Crippen molar-refractivity contribution in [3.8, 4) is 45.3 Å². The van der Waals surface area contributed by atoms with Crippen LogP contribution in [0.3, 0.4) is 0 Å². The van der Waals surface area contributed by atoms with Crippen LogP contribution in [0.15, 0.2) is 106 Å². The molecule has 2 aromatic heterocycles. The molecule has 0 spiro atoms. The molecule has 0 aliphatic rings. The monoisotopic (exact) mass is 418 g/mol. The second kappa shape index (κ2) is 7.06. The normalized spacial score (nSPS) is 11.4. The minimum Gasteiger partial charge on any atom is -0.507 e. The van der Waals surface area contributed by atoms with E-state index in [2.05, 4.69) is 0 Å². The Bertz CT molecular complexity index is 1480. The summed E-state index contributed by atoms with van der Waals surface area (Å²) >= 11 is 0. The lowest BCUT2D eigenvalue weighted by molar-refractivity contribution is 0.477. The van der Waals surface area contributed by atoms with Crippen LogP contribution in [0, 0.1) is 0 Å². The first-order valence-electron chi connectivity index (χ1n) is 10.3. The summed E-state index contributed by atoms with van der Waals surface area (Å²) in [6.07, 6.45) is 0. The summed E-state index contributed by atoms with van der Waals surface area (Å²) in [7, 11) is 0. The molecule has 4 nitrogen and oxygen atoms in total. The number of aromatic hydroxyl groups is 2. The molecule has 0 fully saturated rings. The number of phenols is 2. The van der Waals surface area contributed by atoms with Gasteiger partial charge in [0.25, 0.3) is 0 Å². The highest BCUT2D eigenvalue weighted by atomic mass is 16.4. The summed E-state index contributed by atoms with van der Waals surface area (Å²) < 4.78 is 12.3. The Balaban J connectivity index is 1.52. The van der Waals surface area contributed by atoms with Gasteiger partial charge in [-0.1, -0.05) is 60.7 Å². The molecule has 0 bridgehead atoms. The number of furan rings is 2. The molecule has 0 radical (unpaired) electrons. The van der Waals surface area contributed by atoms with Gasteiger partial charge in [0.2, 0.25) is 0 Å². The zero-order chi connectivity index (χ0) is 21.7. The van der Waals surface area contributed by atoms with Gasteiger partial charge in [0, 0.05) is 21.9 Å². The maximum atomic E-state index is 10.3. The van der Waals surface area contributed by atoms with Crippen LogP contribution < -0.4 is 0 Å². The third-order valence-electron chi connectivity index (χ3n) is 5.75. The van der Waals surface area contributed by atoms with Crippen LogP contribution in [0.1, 0.15) is 0 Å². The third kappa shape index (κ3) is 2.85. The van der Waals surface area contributed by atoms with Crippen molar-refractivity contribution in [1.29, 1.82) is 0 Å². The molecule has 32 heavy (non-hydrogen) atoms. The molecular formula is C28H18O4. The van der Waals surface area contributed by atoms with Gasteiger partial charge in [0.15, 0.2) is 11.5 Å². The second-order valence-corrected chi connectivity index (χ2v) is 7.69. The van der Waals surface area contributed by atoms with E-state index in [1.807, 2.05) is 72.8 Å². The summed E-state index contributed by atoms with van der Waals surface area (Å²) in [6.45, 7) is 0. The minimum atomic E-state index is 0.221. The molecule has 0 aliphatic heterocycles. The molecule has 0 aliphatic carbocycles. The maximum Gasteiger partial charge on any atom is 0.170 e. The van der Waals surface area contributed by atoms with Gasteiger partial charge >= 0.3 is 0 Å². The highest BCUT2D eigenvalue weighted by Crippen LogP contribution is 2.41. The van der Waals surface area contributed by atoms with Gasteiger partial charge in [0.1, 0.15) is 22.7 Å². The molecule has 2 N–H and O–H groups in total. The smallest absolute Gasteiger partial charge is 0.170 e. The molecule has 0 atom stereocenters. The average molecular weight is 418 g/mol. The Labute approximate surface area is 183 Å².